The van der Waals surface area contributed by atoms with E-state index in [9.17, 15) is 9.60 Å². The van der Waals surface area contributed by atoms with E-state index in [1.165, 1.54) is 12.3 Å². The van der Waals surface area contributed by atoms with Crippen LogP contribution >= 0.6 is 0 Å². The number of pyridine rings is 1. The largest absolute Gasteiger partial charge is 0.285 e. The first-order chi connectivity index (χ1) is 6.43. The molecule has 0 spiro atoms. The second-order valence-electron chi connectivity index (χ2n) is 4.13. The molecule has 0 saturated heterocycles. The van der Waals surface area contributed by atoms with Gasteiger partial charge in [-0.25, -0.2) is 0 Å². The SMILES string of the molecule is Cc1cc(F)c([C@@H](C)C(C)C)[n+](O)c1. The lowest BCUT2D eigenvalue weighted by Crippen LogP contribution is -2.38. The lowest BCUT2D eigenvalue weighted by Gasteiger charge is -2.11. The zero-order chi connectivity index (χ0) is 10.9. The molecule has 1 rings (SSSR count). The van der Waals surface area contributed by atoms with Crippen LogP contribution in [0, 0.1) is 18.7 Å². The van der Waals surface area contributed by atoms with Gasteiger partial charge in [-0.1, -0.05) is 20.8 Å². The fourth-order valence-corrected chi connectivity index (χ4v) is 1.42. The second-order valence-corrected chi connectivity index (χ2v) is 4.13. The summed E-state index contributed by atoms with van der Waals surface area (Å²) in [6.07, 6.45) is 1.53. The molecule has 78 valence electrons. The lowest BCUT2D eigenvalue weighted by molar-refractivity contribution is -0.911. The van der Waals surface area contributed by atoms with Gasteiger partial charge in [0, 0.05) is 10.3 Å². The minimum atomic E-state index is -0.339. The highest BCUT2D eigenvalue weighted by Gasteiger charge is 2.26. The average Bonchev–Trinajstić information content (AvgIpc) is 2.01. The molecule has 0 aliphatic rings. The molecule has 0 saturated carbocycles. The Kier molecular flexibility index (Phi) is 3.09. The number of aryl methyl sites for hydroxylation is 1. The summed E-state index contributed by atoms with van der Waals surface area (Å²) in [4.78, 5) is 0. The van der Waals surface area contributed by atoms with Crippen LogP contribution in [0.15, 0.2) is 12.3 Å². The molecule has 14 heavy (non-hydrogen) atoms. The highest BCUT2D eigenvalue weighted by molar-refractivity contribution is 5.12. The summed E-state index contributed by atoms with van der Waals surface area (Å²) in [5, 5.41) is 9.57. The first-order valence-electron chi connectivity index (χ1n) is 4.84. The van der Waals surface area contributed by atoms with Crippen LogP contribution in [-0.2, 0) is 0 Å². The van der Waals surface area contributed by atoms with Crippen LogP contribution in [0.4, 0.5) is 4.39 Å². The summed E-state index contributed by atoms with van der Waals surface area (Å²) in [7, 11) is 0. The zero-order valence-electron chi connectivity index (χ0n) is 9.08. The highest BCUT2D eigenvalue weighted by Crippen LogP contribution is 2.22. The first-order valence-corrected chi connectivity index (χ1v) is 4.84. The lowest BCUT2D eigenvalue weighted by atomic mass is 9.93. The molecule has 0 amide bonds. The molecule has 1 aromatic heterocycles. The average molecular weight is 198 g/mol. The van der Waals surface area contributed by atoms with Crippen molar-refractivity contribution in [1.82, 2.24) is 0 Å². The predicted octanol–water partition coefficient (Wildman–Crippen LogP) is 2.42. The van der Waals surface area contributed by atoms with Crippen LogP contribution in [0.3, 0.4) is 0 Å². The molecule has 0 unspecified atom stereocenters. The van der Waals surface area contributed by atoms with Gasteiger partial charge in [-0.05, 0) is 18.9 Å². The Morgan fingerprint density at radius 2 is 1.93 bits per heavy atom. The van der Waals surface area contributed by atoms with E-state index in [0.717, 1.165) is 4.73 Å². The van der Waals surface area contributed by atoms with Crippen molar-refractivity contribution in [2.24, 2.45) is 5.92 Å². The van der Waals surface area contributed by atoms with Crippen molar-refractivity contribution in [2.45, 2.75) is 33.6 Å². The molecule has 0 aliphatic heterocycles. The van der Waals surface area contributed by atoms with Gasteiger partial charge in [-0.3, -0.25) is 5.21 Å². The van der Waals surface area contributed by atoms with E-state index in [1.807, 2.05) is 20.8 Å². The van der Waals surface area contributed by atoms with Crippen LogP contribution in [-0.4, -0.2) is 5.21 Å². The van der Waals surface area contributed by atoms with Gasteiger partial charge in [-0.15, -0.1) is 0 Å². The van der Waals surface area contributed by atoms with Crippen molar-refractivity contribution in [3.05, 3.63) is 29.3 Å². The monoisotopic (exact) mass is 198 g/mol. The van der Waals surface area contributed by atoms with Crippen molar-refractivity contribution < 1.29 is 14.3 Å². The molecular formula is C11H17FNO+. The van der Waals surface area contributed by atoms with Gasteiger partial charge in [0.2, 0.25) is 6.20 Å². The van der Waals surface area contributed by atoms with Crippen molar-refractivity contribution in [3.8, 4) is 0 Å². The van der Waals surface area contributed by atoms with Gasteiger partial charge in [0.05, 0.1) is 5.92 Å². The van der Waals surface area contributed by atoms with Gasteiger partial charge in [0.25, 0.3) is 5.69 Å². The second kappa shape index (κ2) is 3.95. The number of hydrogen-bond donors (Lipinski definition) is 1. The molecule has 1 heterocycles. The third-order valence-corrected chi connectivity index (χ3v) is 2.60. The third-order valence-electron chi connectivity index (χ3n) is 2.60. The molecule has 1 aromatic rings. The summed E-state index contributed by atoms with van der Waals surface area (Å²) in [5.41, 5.74) is 1.07. The maximum Gasteiger partial charge on any atom is 0.272 e. The Hall–Kier alpha value is -1.12. The molecule has 0 aliphatic carbocycles. The molecule has 1 N–H and O–H groups in total. The summed E-state index contributed by atoms with van der Waals surface area (Å²) in [6, 6.07) is 1.45. The van der Waals surface area contributed by atoms with Crippen LogP contribution in [0.1, 0.15) is 37.9 Å². The van der Waals surface area contributed by atoms with Gasteiger partial charge in [-0.2, -0.15) is 4.39 Å². The Morgan fingerprint density at radius 1 is 1.36 bits per heavy atom. The van der Waals surface area contributed by atoms with Crippen LogP contribution in [0.25, 0.3) is 0 Å². The van der Waals surface area contributed by atoms with Crippen molar-refractivity contribution >= 4 is 0 Å². The van der Waals surface area contributed by atoms with E-state index in [0.29, 0.717) is 17.2 Å². The summed E-state index contributed by atoms with van der Waals surface area (Å²) < 4.78 is 14.4. The molecular weight excluding hydrogens is 181 g/mol. The normalized spacial score (nSPS) is 13.3. The van der Waals surface area contributed by atoms with Crippen molar-refractivity contribution in [1.29, 1.82) is 0 Å². The molecule has 2 nitrogen and oxygen atoms in total. The number of nitrogens with zero attached hydrogens (tertiary/aromatic N) is 1. The summed E-state index contributed by atoms with van der Waals surface area (Å²) >= 11 is 0. The fourth-order valence-electron chi connectivity index (χ4n) is 1.42. The fraction of sp³-hybridized carbons (Fsp3) is 0.545. The molecule has 0 radical (unpaired) electrons. The molecule has 0 aromatic carbocycles. The quantitative estimate of drug-likeness (QED) is 0.572. The zero-order valence-corrected chi connectivity index (χ0v) is 9.08. The van der Waals surface area contributed by atoms with E-state index in [4.69, 9.17) is 0 Å². The van der Waals surface area contributed by atoms with Gasteiger partial charge in [0.1, 0.15) is 0 Å². The number of halogens is 1. The van der Waals surface area contributed by atoms with E-state index in [2.05, 4.69) is 0 Å². The Bertz CT molecular complexity index is 313. The Labute approximate surface area is 84.0 Å². The molecule has 0 fully saturated rings. The highest BCUT2D eigenvalue weighted by atomic mass is 19.1. The minimum Gasteiger partial charge on any atom is -0.285 e. The van der Waals surface area contributed by atoms with Crippen LogP contribution in [0.5, 0.6) is 0 Å². The maximum absolute atomic E-state index is 13.5. The molecule has 1 atom stereocenters. The van der Waals surface area contributed by atoms with Gasteiger partial charge < -0.3 is 0 Å². The first kappa shape index (κ1) is 11.0. The summed E-state index contributed by atoms with van der Waals surface area (Å²) in [5.74, 6) is -0.0418. The van der Waals surface area contributed by atoms with E-state index in [1.54, 1.807) is 6.92 Å². The summed E-state index contributed by atoms with van der Waals surface area (Å²) in [6.45, 7) is 7.67. The number of rotatable bonds is 2. The topological polar surface area (TPSA) is 24.1 Å². The van der Waals surface area contributed by atoms with Crippen molar-refractivity contribution in [2.75, 3.05) is 0 Å². The van der Waals surface area contributed by atoms with Gasteiger partial charge in [0.15, 0.2) is 5.82 Å². The van der Waals surface area contributed by atoms with Crippen molar-refractivity contribution in [3.63, 3.8) is 0 Å². The maximum atomic E-state index is 13.5. The van der Waals surface area contributed by atoms with E-state index < -0.39 is 0 Å². The number of hydrogen-bond acceptors (Lipinski definition) is 1. The third kappa shape index (κ3) is 2.03. The van der Waals surface area contributed by atoms with Crippen LogP contribution < -0.4 is 4.73 Å². The minimum absolute atomic E-state index is 0.000556. The Balaban J connectivity index is 3.20. The van der Waals surface area contributed by atoms with Crippen LogP contribution in [0.2, 0.25) is 0 Å². The standard InChI is InChI=1S/C11H17FNO/c1-7(2)9(4)11-10(12)5-8(3)6-13(11)14/h5-7,9,14H,1-4H3/q+1/t9-/m0/s1. The Morgan fingerprint density at radius 3 is 2.36 bits per heavy atom. The van der Waals surface area contributed by atoms with Gasteiger partial charge >= 0.3 is 0 Å². The molecule has 3 heteroatoms. The molecule has 0 bridgehead atoms. The number of aromatic nitrogens is 1. The smallest absolute Gasteiger partial charge is 0.272 e. The van der Waals surface area contributed by atoms with E-state index in [-0.39, 0.29) is 11.7 Å². The van der Waals surface area contributed by atoms with E-state index >= 15 is 0 Å². The predicted molar refractivity (Wildman–Crippen MR) is 51.8 cm³/mol.